The highest BCUT2D eigenvalue weighted by molar-refractivity contribution is 7.17. The maximum Gasteiger partial charge on any atom is 0.242 e. The molecule has 0 radical (unpaired) electrons. The quantitative estimate of drug-likeness (QED) is 0.759. The summed E-state index contributed by atoms with van der Waals surface area (Å²) in [5.74, 6) is -0.0502. The standard InChI is InChI=1S/C16H18N4OS/c1-17-15(11-8-19-20(2)9-11)16(21)18-7-12-10-22-14-6-4-3-5-13(12)14/h3-6,8-10,15,17H,7H2,1-2H3,(H,18,21). The van der Waals surface area contributed by atoms with Gasteiger partial charge >= 0.3 is 0 Å². The molecular weight excluding hydrogens is 296 g/mol. The smallest absolute Gasteiger partial charge is 0.242 e. The first-order chi connectivity index (χ1) is 10.7. The summed E-state index contributed by atoms with van der Waals surface area (Å²) in [5.41, 5.74) is 2.01. The van der Waals surface area contributed by atoms with Crippen molar-refractivity contribution in [3.63, 3.8) is 0 Å². The molecule has 5 nitrogen and oxygen atoms in total. The van der Waals surface area contributed by atoms with E-state index < -0.39 is 6.04 Å². The minimum absolute atomic E-state index is 0.0502. The van der Waals surface area contributed by atoms with Gasteiger partial charge in [0.1, 0.15) is 6.04 Å². The summed E-state index contributed by atoms with van der Waals surface area (Å²) in [7, 11) is 3.61. The summed E-state index contributed by atoms with van der Waals surface area (Å²) in [5, 5.41) is 13.5. The van der Waals surface area contributed by atoms with E-state index in [-0.39, 0.29) is 5.91 Å². The maximum absolute atomic E-state index is 12.4. The van der Waals surface area contributed by atoms with Crippen molar-refractivity contribution in [3.05, 3.63) is 53.2 Å². The summed E-state index contributed by atoms with van der Waals surface area (Å²) in [6.07, 6.45) is 3.56. The average molecular weight is 314 g/mol. The molecular formula is C16H18N4OS. The normalized spacial score (nSPS) is 12.5. The second-order valence-electron chi connectivity index (χ2n) is 5.14. The topological polar surface area (TPSA) is 59.0 Å². The zero-order valence-electron chi connectivity index (χ0n) is 12.5. The van der Waals surface area contributed by atoms with Crippen molar-refractivity contribution in [1.29, 1.82) is 0 Å². The van der Waals surface area contributed by atoms with E-state index in [2.05, 4.69) is 33.2 Å². The number of hydrogen-bond donors (Lipinski definition) is 2. The number of thiophene rings is 1. The van der Waals surface area contributed by atoms with Gasteiger partial charge in [0.05, 0.1) is 6.20 Å². The number of rotatable bonds is 5. The average Bonchev–Trinajstić information content (AvgIpc) is 3.12. The molecule has 2 N–H and O–H groups in total. The number of benzene rings is 1. The SMILES string of the molecule is CNC(C(=O)NCc1csc2ccccc12)c1cnn(C)c1. The Hall–Kier alpha value is -2.18. The van der Waals surface area contributed by atoms with Gasteiger partial charge in [-0.05, 0) is 29.4 Å². The van der Waals surface area contributed by atoms with Gasteiger partial charge in [-0.1, -0.05) is 18.2 Å². The molecule has 0 saturated heterocycles. The van der Waals surface area contributed by atoms with Gasteiger partial charge in [-0.2, -0.15) is 5.10 Å². The van der Waals surface area contributed by atoms with Crippen molar-refractivity contribution in [3.8, 4) is 0 Å². The Morgan fingerprint density at radius 3 is 2.95 bits per heavy atom. The van der Waals surface area contributed by atoms with Crippen LogP contribution in [-0.4, -0.2) is 22.7 Å². The van der Waals surface area contributed by atoms with Gasteiger partial charge in [-0.15, -0.1) is 11.3 Å². The molecule has 1 aromatic carbocycles. The van der Waals surface area contributed by atoms with Crippen LogP contribution < -0.4 is 10.6 Å². The molecule has 0 fully saturated rings. The van der Waals surface area contributed by atoms with Gasteiger partial charge in [0.2, 0.25) is 5.91 Å². The summed E-state index contributed by atoms with van der Waals surface area (Å²) in [6, 6.07) is 7.84. The number of carbonyl (C=O) groups excluding carboxylic acids is 1. The van der Waals surface area contributed by atoms with Crippen LogP contribution in [0.1, 0.15) is 17.2 Å². The second kappa shape index (κ2) is 6.29. The van der Waals surface area contributed by atoms with Crippen LogP contribution in [0.3, 0.4) is 0 Å². The number of nitrogens with one attached hydrogen (secondary N) is 2. The number of nitrogens with zero attached hydrogens (tertiary/aromatic N) is 2. The highest BCUT2D eigenvalue weighted by Gasteiger charge is 2.20. The highest BCUT2D eigenvalue weighted by Crippen LogP contribution is 2.25. The fourth-order valence-electron chi connectivity index (χ4n) is 2.49. The van der Waals surface area contributed by atoms with Crippen molar-refractivity contribution < 1.29 is 4.79 Å². The predicted molar refractivity (Wildman–Crippen MR) is 88.7 cm³/mol. The Kier molecular flexibility index (Phi) is 4.22. The van der Waals surface area contributed by atoms with Crippen molar-refractivity contribution in [1.82, 2.24) is 20.4 Å². The molecule has 2 heterocycles. The monoisotopic (exact) mass is 314 g/mol. The summed E-state index contributed by atoms with van der Waals surface area (Å²) >= 11 is 1.70. The predicted octanol–water partition coefficient (Wildman–Crippen LogP) is 2.21. The number of hydrogen-bond acceptors (Lipinski definition) is 4. The van der Waals surface area contributed by atoms with Crippen LogP contribution in [0, 0.1) is 0 Å². The molecule has 0 aliphatic heterocycles. The van der Waals surface area contributed by atoms with E-state index in [0.717, 1.165) is 11.1 Å². The lowest BCUT2D eigenvalue weighted by Gasteiger charge is -2.14. The van der Waals surface area contributed by atoms with E-state index in [1.165, 1.54) is 10.1 Å². The molecule has 3 rings (SSSR count). The highest BCUT2D eigenvalue weighted by atomic mass is 32.1. The largest absolute Gasteiger partial charge is 0.350 e. The van der Waals surface area contributed by atoms with Crippen LogP contribution >= 0.6 is 11.3 Å². The van der Waals surface area contributed by atoms with E-state index in [1.807, 2.05) is 25.4 Å². The fraction of sp³-hybridized carbons (Fsp3) is 0.250. The zero-order valence-corrected chi connectivity index (χ0v) is 13.4. The molecule has 1 unspecified atom stereocenters. The summed E-state index contributed by atoms with van der Waals surface area (Å²) in [4.78, 5) is 12.4. The lowest BCUT2D eigenvalue weighted by molar-refractivity contribution is -0.123. The molecule has 3 aromatic rings. The number of amides is 1. The van der Waals surface area contributed by atoms with Crippen LogP contribution in [0.2, 0.25) is 0 Å². The lowest BCUT2D eigenvalue weighted by Crippen LogP contribution is -2.35. The van der Waals surface area contributed by atoms with Crippen LogP contribution in [0.4, 0.5) is 0 Å². The number of fused-ring (bicyclic) bond motifs is 1. The van der Waals surface area contributed by atoms with E-state index >= 15 is 0 Å². The third kappa shape index (κ3) is 2.88. The van der Waals surface area contributed by atoms with Gasteiger partial charge in [0, 0.05) is 30.1 Å². The molecule has 0 aliphatic rings. The number of aryl methyl sites for hydroxylation is 1. The minimum Gasteiger partial charge on any atom is -0.350 e. The Balaban J connectivity index is 1.71. The number of aromatic nitrogens is 2. The van der Waals surface area contributed by atoms with Crippen LogP contribution in [-0.2, 0) is 18.4 Å². The molecule has 1 amide bonds. The number of likely N-dealkylation sites (N-methyl/N-ethyl adjacent to an activating group) is 1. The fourth-order valence-corrected chi connectivity index (χ4v) is 3.46. The third-order valence-electron chi connectivity index (χ3n) is 3.62. The molecule has 6 heteroatoms. The molecule has 22 heavy (non-hydrogen) atoms. The Labute approximate surface area is 133 Å². The van der Waals surface area contributed by atoms with Gasteiger partial charge in [-0.3, -0.25) is 9.48 Å². The van der Waals surface area contributed by atoms with E-state index in [0.29, 0.717) is 6.54 Å². The van der Waals surface area contributed by atoms with E-state index in [9.17, 15) is 4.79 Å². The molecule has 1 atom stereocenters. The molecule has 0 saturated carbocycles. The second-order valence-corrected chi connectivity index (χ2v) is 6.06. The zero-order chi connectivity index (χ0) is 15.5. The Morgan fingerprint density at radius 1 is 1.41 bits per heavy atom. The molecule has 0 spiro atoms. The summed E-state index contributed by atoms with van der Waals surface area (Å²) in [6.45, 7) is 0.529. The van der Waals surface area contributed by atoms with E-state index in [1.54, 1.807) is 29.3 Å². The van der Waals surface area contributed by atoms with Crippen molar-refractivity contribution in [2.24, 2.45) is 7.05 Å². The first-order valence-electron chi connectivity index (χ1n) is 7.07. The van der Waals surface area contributed by atoms with Crippen LogP contribution in [0.5, 0.6) is 0 Å². The first-order valence-corrected chi connectivity index (χ1v) is 7.95. The third-order valence-corrected chi connectivity index (χ3v) is 4.64. The molecule has 2 aromatic heterocycles. The van der Waals surface area contributed by atoms with E-state index in [4.69, 9.17) is 0 Å². The van der Waals surface area contributed by atoms with Gasteiger partial charge < -0.3 is 10.6 Å². The Morgan fingerprint density at radius 2 is 2.23 bits per heavy atom. The molecule has 114 valence electrons. The van der Waals surface area contributed by atoms with Gasteiger partial charge in [0.15, 0.2) is 0 Å². The van der Waals surface area contributed by atoms with Crippen LogP contribution in [0.15, 0.2) is 42.0 Å². The minimum atomic E-state index is -0.390. The lowest BCUT2D eigenvalue weighted by atomic mass is 10.1. The maximum atomic E-state index is 12.4. The van der Waals surface area contributed by atoms with Gasteiger partial charge in [-0.25, -0.2) is 0 Å². The van der Waals surface area contributed by atoms with Crippen LogP contribution in [0.25, 0.3) is 10.1 Å². The number of carbonyl (C=O) groups is 1. The van der Waals surface area contributed by atoms with Crippen molar-refractivity contribution in [2.45, 2.75) is 12.6 Å². The molecule has 0 bridgehead atoms. The summed E-state index contributed by atoms with van der Waals surface area (Å²) < 4.78 is 2.93. The van der Waals surface area contributed by atoms with Crippen molar-refractivity contribution in [2.75, 3.05) is 7.05 Å². The first kappa shape index (κ1) is 14.7. The van der Waals surface area contributed by atoms with Crippen molar-refractivity contribution >= 4 is 27.3 Å². The van der Waals surface area contributed by atoms with Gasteiger partial charge in [0.25, 0.3) is 0 Å². The Bertz CT molecular complexity index is 792. The molecule has 0 aliphatic carbocycles.